The monoisotopic (exact) mass is 358 g/mol. The van der Waals surface area contributed by atoms with E-state index in [1.165, 1.54) is 10.8 Å². The minimum Gasteiger partial charge on any atom is -0.467 e. The Bertz CT molecular complexity index is 812. The second-order valence-electron chi connectivity index (χ2n) is 7.07. The number of ether oxygens (including phenoxy) is 1. The van der Waals surface area contributed by atoms with Crippen molar-refractivity contribution in [2.75, 3.05) is 26.2 Å². The number of hydrogen-bond donors (Lipinski definition) is 1. The number of rotatable bonds is 3. The van der Waals surface area contributed by atoms with Crippen LogP contribution in [0.5, 0.6) is 5.88 Å². The van der Waals surface area contributed by atoms with Gasteiger partial charge in [0.2, 0.25) is 11.8 Å². The van der Waals surface area contributed by atoms with Crippen LogP contribution in [0.3, 0.4) is 0 Å². The third-order valence-corrected chi connectivity index (χ3v) is 5.52. The van der Waals surface area contributed by atoms with E-state index in [1.54, 1.807) is 12.1 Å². The van der Waals surface area contributed by atoms with Crippen molar-refractivity contribution in [2.45, 2.75) is 32.1 Å². The summed E-state index contributed by atoms with van der Waals surface area (Å²) >= 11 is 0. The number of likely N-dealkylation sites (tertiary alicyclic amines) is 1. The van der Waals surface area contributed by atoms with Gasteiger partial charge in [0.1, 0.15) is 6.33 Å². The number of carbonyl (C=O) groups is 2. The molecule has 2 aromatic rings. The summed E-state index contributed by atoms with van der Waals surface area (Å²) in [7, 11) is 0. The van der Waals surface area contributed by atoms with Gasteiger partial charge < -0.3 is 15.0 Å². The zero-order valence-electron chi connectivity index (χ0n) is 14.6. The number of nitrogens with zero attached hydrogens (tertiary/aromatic N) is 5. The Morgan fingerprint density at radius 2 is 2.08 bits per heavy atom. The van der Waals surface area contributed by atoms with Gasteiger partial charge in [-0.15, -0.1) is 15.3 Å². The first kappa shape index (κ1) is 16.7. The Morgan fingerprint density at radius 3 is 2.92 bits per heavy atom. The van der Waals surface area contributed by atoms with Crippen molar-refractivity contribution < 1.29 is 14.3 Å². The lowest BCUT2D eigenvalue weighted by Crippen LogP contribution is -2.45. The number of fused-ring (bicyclic) bond motifs is 1. The molecule has 2 fully saturated rings. The topological polar surface area (TPSA) is 102 Å². The molecule has 0 bridgehead atoms. The molecule has 2 aliphatic heterocycles. The maximum Gasteiger partial charge on any atom is 0.260 e. The van der Waals surface area contributed by atoms with E-state index in [-0.39, 0.29) is 23.8 Å². The van der Waals surface area contributed by atoms with E-state index in [9.17, 15) is 9.59 Å². The van der Waals surface area contributed by atoms with Crippen molar-refractivity contribution in [3.63, 3.8) is 0 Å². The number of nitrogens with one attached hydrogen (secondary N) is 1. The predicted molar refractivity (Wildman–Crippen MR) is 91.4 cm³/mol. The minimum atomic E-state index is -0.0341. The van der Waals surface area contributed by atoms with Gasteiger partial charge >= 0.3 is 0 Å². The van der Waals surface area contributed by atoms with Gasteiger partial charge in [-0.25, -0.2) is 0 Å². The van der Waals surface area contributed by atoms with Crippen molar-refractivity contribution in [2.24, 2.45) is 5.41 Å². The van der Waals surface area contributed by atoms with Gasteiger partial charge in [0.15, 0.2) is 12.3 Å². The predicted octanol–water partition coefficient (Wildman–Crippen LogP) is 0.412. The van der Waals surface area contributed by atoms with E-state index >= 15 is 0 Å². The fourth-order valence-electron chi connectivity index (χ4n) is 3.80. The normalized spacial score (nSPS) is 20.0. The second-order valence-corrected chi connectivity index (χ2v) is 7.07. The van der Waals surface area contributed by atoms with Gasteiger partial charge in [-0.1, -0.05) is 0 Å². The average molecular weight is 358 g/mol. The fourth-order valence-corrected chi connectivity index (χ4v) is 3.80. The third-order valence-electron chi connectivity index (χ3n) is 5.52. The molecule has 1 spiro atoms. The standard InChI is InChI=1S/C17H22N6O3/c24-14-3-4-17(5-8-18-14)6-9-22(10-7-17)16(25)11-26-15-2-1-13-20-19-12-23(13)21-15/h1-2,12H,3-11H2,(H,18,24). The Kier molecular flexibility index (Phi) is 4.44. The molecule has 2 aromatic heterocycles. The molecule has 138 valence electrons. The molecule has 0 atom stereocenters. The molecule has 2 aliphatic rings. The summed E-state index contributed by atoms with van der Waals surface area (Å²) < 4.78 is 7.04. The highest BCUT2D eigenvalue weighted by atomic mass is 16.5. The van der Waals surface area contributed by atoms with Crippen molar-refractivity contribution in [3.05, 3.63) is 18.5 Å². The molecular formula is C17H22N6O3. The van der Waals surface area contributed by atoms with Crippen molar-refractivity contribution >= 4 is 17.5 Å². The Labute approximate surface area is 150 Å². The molecule has 26 heavy (non-hydrogen) atoms. The van der Waals surface area contributed by atoms with Gasteiger partial charge in [-0.3, -0.25) is 9.59 Å². The summed E-state index contributed by atoms with van der Waals surface area (Å²) in [6, 6.07) is 3.42. The molecule has 2 saturated heterocycles. The van der Waals surface area contributed by atoms with E-state index in [0.29, 0.717) is 31.0 Å². The summed E-state index contributed by atoms with van der Waals surface area (Å²) in [5.41, 5.74) is 0.819. The van der Waals surface area contributed by atoms with Crippen molar-refractivity contribution in [1.29, 1.82) is 0 Å². The van der Waals surface area contributed by atoms with E-state index in [4.69, 9.17) is 4.74 Å². The number of piperidine rings is 1. The zero-order valence-corrected chi connectivity index (χ0v) is 14.6. The number of carbonyl (C=O) groups excluding carboxylic acids is 2. The van der Waals surface area contributed by atoms with Gasteiger partial charge in [0, 0.05) is 32.1 Å². The van der Waals surface area contributed by atoms with Crippen LogP contribution in [-0.2, 0) is 9.59 Å². The first-order valence-corrected chi connectivity index (χ1v) is 8.98. The quantitative estimate of drug-likeness (QED) is 0.853. The van der Waals surface area contributed by atoms with Crippen LogP contribution in [0.4, 0.5) is 0 Å². The molecule has 1 N–H and O–H groups in total. The summed E-state index contributed by atoms with van der Waals surface area (Å²) in [4.78, 5) is 25.9. The highest BCUT2D eigenvalue weighted by Crippen LogP contribution is 2.40. The smallest absolute Gasteiger partial charge is 0.260 e. The maximum absolute atomic E-state index is 12.5. The molecule has 0 radical (unpaired) electrons. The summed E-state index contributed by atoms with van der Waals surface area (Å²) in [5.74, 6) is 0.479. The summed E-state index contributed by atoms with van der Waals surface area (Å²) in [6.07, 6.45) is 5.88. The Hall–Kier alpha value is -2.71. The molecule has 2 amide bonds. The zero-order chi connectivity index (χ0) is 18.0. The second kappa shape index (κ2) is 6.89. The van der Waals surface area contributed by atoms with Gasteiger partial charge in [-0.05, 0) is 37.2 Å². The molecule has 0 aliphatic carbocycles. The van der Waals surface area contributed by atoms with Crippen LogP contribution < -0.4 is 10.1 Å². The van der Waals surface area contributed by atoms with Crippen LogP contribution in [0.15, 0.2) is 18.5 Å². The number of aromatic nitrogens is 4. The van der Waals surface area contributed by atoms with Crippen molar-refractivity contribution in [1.82, 2.24) is 30.0 Å². The fraction of sp³-hybridized carbons (Fsp3) is 0.588. The largest absolute Gasteiger partial charge is 0.467 e. The lowest BCUT2D eigenvalue weighted by Gasteiger charge is -2.41. The van der Waals surface area contributed by atoms with Crippen molar-refractivity contribution in [3.8, 4) is 5.88 Å². The van der Waals surface area contributed by atoms with Crippen LogP contribution in [0.25, 0.3) is 5.65 Å². The lowest BCUT2D eigenvalue weighted by molar-refractivity contribution is -0.136. The SMILES string of the molecule is O=C1CCC2(CCN1)CCN(C(=O)COc1ccc3nncn3n1)CC2. The molecule has 9 nitrogen and oxygen atoms in total. The highest BCUT2D eigenvalue weighted by Gasteiger charge is 2.37. The molecule has 0 aromatic carbocycles. The first-order chi connectivity index (χ1) is 12.6. The molecular weight excluding hydrogens is 336 g/mol. The highest BCUT2D eigenvalue weighted by molar-refractivity contribution is 5.78. The average Bonchev–Trinajstić information content (AvgIpc) is 3.05. The lowest BCUT2D eigenvalue weighted by atomic mass is 9.73. The summed E-state index contributed by atoms with van der Waals surface area (Å²) in [6.45, 7) is 2.14. The van der Waals surface area contributed by atoms with Gasteiger partial charge in [-0.2, -0.15) is 4.52 Å². The van der Waals surface area contributed by atoms with Gasteiger partial charge in [0.05, 0.1) is 0 Å². The Morgan fingerprint density at radius 1 is 1.23 bits per heavy atom. The number of hydrogen-bond acceptors (Lipinski definition) is 6. The first-order valence-electron chi connectivity index (χ1n) is 8.98. The third kappa shape index (κ3) is 3.47. The van der Waals surface area contributed by atoms with Crippen LogP contribution >= 0.6 is 0 Å². The molecule has 0 saturated carbocycles. The van der Waals surface area contributed by atoms with E-state index in [1.807, 2.05) is 4.90 Å². The van der Waals surface area contributed by atoms with Crippen LogP contribution in [0.2, 0.25) is 0 Å². The molecule has 4 heterocycles. The maximum atomic E-state index is 12.5. The Balaban J connectivity index is 1.30. The number of amides is 2. The van der Waals surface area contributed by atoms with E-state index in [2.05, 4.69) is 20.6 Å². The summed E-state index contributed by atoms with van der Waals surface area (Å²) in [5, 5.41) is 14.8. The minimum absolute atomic E-state index is 0.0340. The van der Waals surface area contributed by atoms with Crippen LogP contribution in [0.1, 0.15) is 32.1 Å². The van der Waals surface area contributed by atoms with Crippen LogP contribution in [-0.4, -0.2) is 62.8 Å². The van der Waals surface area contributed by atoms with E-state index < -0.39 is 0 Å². The molecule has 4 rings (SSSR count). The van der Waals surface area contributed by atoms with Gasteiger partial charge in [0.25, 0.3) is 5.91 Å². The molecule has 0 unspecified atom stereocenters. The molecule has 9 heteroatoms. The van der Waals surface area contributed by atoms with Crippen LogP contribution in [0, 0.1) is 5.41 Å². The van der Waals surface area contributed by atoms with E-state index in [0.717, 1.165) is 32.2 Å².